The van der Waals surface area contributed by atoms with Gasteiger partial charge in [0.05, 0.1) is 12.2 Å². The normalized spacial score (nSPS) is 10.3. The maximum Gasteiger partial charge on any atom is 0.227 e. The number of anilines is 1. The summed E-state index contributed by atoms with van der Waals surface area (Å²) < 4.78 is 5.71. The zero-order valence-corrected chi connectivity index (χ0v) is 10.6. The number of nitrogen functional groups attached to an aromatic ring is 1. The van der Waals surface area contributed by atoms with Gasteiger partial charge in [-0.2, -0.15) is 0 Å². The van der Waals surface area contributed by atoms with Gasteiger partial charge in [0.15, 0.2) is 0 Å². The van der Waals surface area contributed by atoms with Gasteiger partial charge in [-0.3, -0.25) is 0 Å². The van der Waals surface area contributed by atoms with E-state index in [1.54, 1.807) is 24.3 Å². The molecule has 19 heavy (non-hydrogen) atoms. The van der Waals surface area contributed by atoms with Crippen molar-refractivity contribution in [2.75, 3.05) is 5.43 Å². The molecule has 0 spiro atoms. The molecule has 0 unspecified atom stereocenters. The summed E-state index contributed by atoms with van der Waals surface area (Å²) in [5.74, 6) is 7.08. The molecular formula is C13H16N4O2. The first-order valence-electron chi connectivity index (χ1n) is 5.96. The van der Waals surface area contributed by atoms with E-state index in [-0.39, 0.29) is 6.61 Å². The average Bonchev–Trinajstić information content (AvgIpc) is 2.47. The van der Waals surface area contributed by atoms with Crippen LogP contribution in [-0.2, 0) is 13.0 Å². The van der Waals surface area contributed by atoms with Crippen molar-refractivity contribution in [2.24, 2.45) is 5.84 Å². The molecule has 2 rings (SSSR count). The van der Waals surface area contributed by atoms with Crippen LogP contribution in [0.4, 0.5) is 5.82 Å². The first kappa shape index (κ1) is 13.3. The summed E-state index contributed by atoms with van der Waals surface area (Å²) in [5, 5.41) is 8.99. The molecule has 2 aromatic rings. The van der Waals surface area contributed by atoms with Gasteiger partial charge in [0.2, 0.25) is 5.88 Å². The molecule has 1 heterocycles. The molecule has 0 saturated carbocycles. The maximum atomic E-state index is 8.99. The fourth-order valence-corrected chi connectivity index (χ4v) is 1.70. The zero-order valence-electron chi connectivity index (χ0n) is 10.6. The third-order valence-electron chi connectivity index (χ3n) is 2.72. The van der Waals surface area contributed by atoms with Gasteiger partial charge in [-0.25, -0.2) is 15.8 Å². The first-order chi connectivity index (χ1) is 9.28. The number of aromatic nitrogens is 2. The van der Waals surface area contributed by atoms with Gasteiger partial charge in [0, 0.05) is 0 Å². The molecule has 0 saturated heterocycles. The van der Waals surface area contributed by atoms with Crippen molar-refractivity contribution in [1.29, 1.82) is 0 Å². The van der Waals surface area contributed by atoms with Gasteiger partial charge in [0.25, 0.3) is 0 Å². The molecule has 1 aromatic heterocycles. The Hall–Kier alpha value is -2.18. The van der Waals surface area contributed by atoms with Crippen LogP contribution in [0.2, 0.25) is 0 Å². The van der Waals surface area contributed by atoms with Crippen molar-refractivity contribution in [3.05, 3.63) is 41.7 Å². The van der Waals surface area contributed by atoms with Crippen molar-refractivity contribution in [1.82, 2.24) is 9.97 Å². The van der Waals surface area contributed by atoms with Crippen molar-refractivity contribution < 1.29 is 9.84 Å². The first-order valence-corrected chi connectivity index (χ1v) is 5.96. The molecule has 6 nitrogen and oxygen atoms in total. The second-order valence-electron chi connectivity index (χ2n) is 3.91. The van der Waals surface area contributed by atoms with Gasteiger partial charge < -0.3 is 15.3 Å². The number of benzene rings is 1. The fourth-order valence-electron chi connectivity index (χ4n) is 1.70. The van der Waals surface area contributed by atoms with Crippen LogP contribution in [0.3, 0.4) is 0 Å². The molecule has 6 heteroatoms. The number of nitrogens with two attached hydrogens (primary N) is 1. The molecule has 0 aliphatic heterocycles. The van der Waals surface area contributed by atoms with E-state index in [1.165, 1.54) is 6.33 Å². The Labute approximate surface area is 111 Å². The molecule has 1 aromatic carbocycles. The molecule has 0 atom stereocenters. The van der Waals surface area contributed by atoms with Crippen molar-refractivity contribution in [2.45, 2.75) is 20.0 Å². The highest BCUT2D eigenvalue weighted by atomic mass is 16.5. The van der Waals surface area contributed by atoms with Gasteiger partial charge >= 0.3 is 0 Å². The molecule has 0 radical (unpaired) electrons. The third kappa shape index (κ3) is 2.98. The smallest absolute Gasteiger partial charge is 0.227 e. The Balaban J connectivity index is 2.26. The fraction of sp³-hybridized carbons (Fsp3) is 0.231. The van der Waals surface area contributed by atoms with Crippen molar-refractivity contribution in [3.63, 3.8) is 0 Å². The maximum absolute atomic E-state index is 8.99. The lowest BCUT2D eigenvalue weighted by molar-refractivity contribution is 0.281. The Bertz CT molecular complexity index is 543. The highest BCUT2D eigenvalue weighted by molar-refractivity contribution is 5.48. The highest BCUT2D eigenvalue weighted by Gasteiger charge is 2.10. The van der Waals surface area contributed by atoms with Crippen LogP contribution in [0.5, 0.6) is 11.6 Å². The Kier molecular flexibility index (Phi) is 4.27. The van der Waals surface area contributed by atoms with E-state index in [0.29, 0.717) is 23.9 Å². The third-order valence-corrected chi connectivity index (χ3v) is 2.72. The topological polar surface area (TPSA) is 93.3 Å². The van der Waals surface area contributed by atoms with E-state index in [9.17, 15) is 0 Å². The number of hydrogen-bond donors (Lipinski definition) is 3. The van der Waals surface area contributed by atoms with Crippen LogP contribution >= 0.6 is 0 Å². The lowest BCUT2D eigenvalue weighted by atomic mass is 10.2. The molecule has 0 amide bonds. The van der Waals surface area contributed by atoms with Crippen LogP contribution in [-0.4, -0.2) is 15.1 Å². The van der Waals surface area contributed by atoms with Gasteiger partial charge in [-0.1, -0.05) is 19.1 Å². The molecule has 4 N–H and O–H groups in total. The van der Waals surface area contributed by atoms with Crippen LogP contribution in [0.25, 0.3) is 0 Å². The minimum Gasteiger partial charge on any atom is -0.439 e. The predicted octanol–water partition coefficient (Wildman–Crippen LogP) is 1.61. The second kappa shape index (κ2) is 6.12. The average molecular weight is 260 g/mol. The van der Waals surface area contributed by atoms with E-state index in [4.69, 9.17) is 15.7 Å². The summed E-state index contributed by atoms with van der Waals surface area (Å²) in [6.45, 7) is 1.98. The number of rotatable bonds is 5. The van der Waals surface area contributed by atoms with Gasteiger partial charge in [-0.05, 0) is 24.1 Å². The summed E-state index contributed by atoms with van der Waals surface area (Å²) in [6.07, 6.45) is 2.09. The second-order valence-corrected chi connectivity index (χ2v) is 3.91. The predicted molar refractivity (Wildman–Crippen MR) is 71.7 cm³/mol. The van der Waals surface area contributed by atoms with Crippen LogP contribution in [0, 0.1) is 0 Å². The monoisotopic (exact) mass is 260 g/mol. The number of aliphatic hydroxyl groups is 1. The van der Waals surface area contributed by atoms with E-state index in [0.717, 1.165) is 11.1 Å². The Morgan fingerprint density at radius 3 is 2.58 bits per heavy atom. The molecule has 100 valence electrons. The number of hydrogen-bond acceptors (Lipinski definition) is 6. The van der Waals surface area contributed by atoms with Crippen molar-refractivity contribution >= 4 is 5.82 Å². The van der Waals surface area contributed by atoms with Crippen molar-refractivity contribution in [3.8, 4) is 11.6 Å². The lowest BCUT2D eigenvalue weighted by Crippen LogP contribution is -2.12. The van der Waals surface area contributed by atoms with Crippen LogP contribution < -0.4 is 16.0 Å². The molecule has 0 aliphatic rings. The minimum absolute atomic E-state index is 0.00917. The van der Waals surface area contributed by atoms with Gasteiger partial charge in [-0.15, -0.1) is 0 Å². The number of nitrogens with zero attached hydrogens (tertiary/aromatic N) is 2. The summed E-state index contributed by atoms with van der Waals surface area (Å²) in [4.78, 5) is 8.16. The standard InChI is InChI=1S/C13H16N4O2/c1-2-11-12(17-14)15-8-16-13(11)19-10-5-3-9(7-18)4-6-10/h3-6,8,18H,2,7,14H2,1H3,(H,15,16,17). The van der Waals surface area contributed by atoms with Crippen LogP contribution in [0.1, 0.15) is 18.1 Å². The minimum atomic E-state index is 0.00917. The largest absolute Gasteiger partial charge is 0.439 e. The SMILES string of the molecule is CCc1c(NN)ncnc1Oc1ccc(CO)cc1. The summed E-state index contributed by atoms with van der Waals surface area (Å²) >= 11 is 0. The van der Waals surface area contributed by atoms with E-state index in [1.807, 2.05) is 6.92 Å². The zero-order chi connectivity index (χ0) is 13.7. The molecule has 0 bridgehead atoms. The number of hydrazine groups is 1. The van der Waals surface area contributed by atoms with E-state index < -0.39 is 0 Å². The Morgan fingerprint density at radius 1 is 1.26 bits per heavy atom. The molecular weight excluding hydrogens is 244 g/mol. The summed E-state index contributed by atoms with van der Waals surface area (Å²) in [6, 6.07) is 7.15. The molecule has 0 aliphatic carbocycles. The quantitative estimate of drug-likeness (QED) is 0.558. The highest BCUT2D eigenvalue weighted by Crippen LogP contribution is 2.27. The summed E-state index contributed by atoms with van der Waals surface area (Å²) in [7, 11) is 0. The molecule has 0 fully saturated rings. The summed E-state index contributed by atoms with van der Waals surface area (Å²) in [5.41, 5.74) is 4.17. The number of nitrogens with one attached hydrogen (secondary N) is 1. The number of aliphatic hydroxyl groups excluding tert-OH is 1. The lowest BCUT2D eigenvalue weighted by Gasteiger charge is -2.11. The van der Waals surface area contributed by atoms with E-state index in [2.05, 4.69) is 15.4 Å². The Morgan fingerprint density at radius 2 is 2.00 bits per heavy atom. The van der Waals surface area contributed by atoms with Gasteiger partial charge in [0.1, 0.15) is 17.9 Å². The number of ether oxygens (including phenoxy) is 1. The van der Waals surface area contributed by atoms with E-state index >= 15 is 0 Å². The van der Waals surface area contributed by atoms with Crippen LogP contribution in [0.15, 0.2) is 30.6 Å².